The van der Waals surface area contributed by atoms with E-state index in [0.29, 0.717) is 36.7 Å². The van der Waals surface area contributed by atoms with Crippen molar-refractivity contribution in [1.29, 1.82) is 0 Å². The van der Waals surface area contributed by atoms with Crippen molar-refractivity contribution < 1.29 is 13.2 Å². The minimum absolute atomic E-state index is 0. The highest BCUT2D eigenvalue weighted by molar-refractivity contribution is 7.91. The molecule has 0 aliphatic rings. The molecule has 0 unspecified atom stereocenters. The van der Waals surface area contributed by atoms with Gasteiger partial charge in [0.2, 0.25) is 15.9 Å². The number of halogens is 1. The van der Waals surface area contributed by atoms with E-state index in [9.17, 15) is 13.2 Å². The second kappa shape index (κ2) is 9.30. The predicted octanol–water partition coefficient (Wildman–Crippen LogP) is 0.476. The first-order valence-electron chi connectivity index (χ1n) is 5.98. The lowest BCUT2D eigenvalue weighted by molar-refractivity contribution is -0.118. The van der Waals surface area contributed by atoms with Gasteiger partial charge in [-0.25, -0.2) is 13.1 Å². The summed E-state index contributed by atoms with van der Waals surface area (Å²) in [5, 5.41) is 2.67. The van der Waals surface area contributed by atoms with Crippen LogP contribution in [0.15, 0.2) is 16.3 Å². The number of sulfonamides is 1. The molecule has 0 aliphatic carbocycles. The van der Waals surface area contributed by atoms with Gasteiger partial charge in [-0.2, -0.15) is 0 Å². The van der Waals surface area contributed by atoms with Gasteiger partial charge in [0, 0.05) is 24.9 Å². The van der Waals surface area contributed by atoms with Crippen LogP contribution in [0.4, 0.5) is 0 Å². The Bertz CT molecular complexity index is 517. The van der Waals surface area contributed by atoms with E-state index in [4.69, 9.17) is 5.73 Å². The molecule has 0 saturated heterocycles. The lowest BCUT2D eigenvalue weighted by Crippen LogP contribution is -2.25. The fraction of sp³-hybridized carbons (Fsp3) is 0.545. The largest absolute Gasteiger partial charge is 0.356 e. The molecule has 0 saturated carbocycles. The maximum Gasteiger partial charge on any atom is 0.250 e. The van der Waals surface area contributed by atoms with Crippen LogP contribution in [0.1, 0.15) is 18.2 Å². The summed E-state index contributed by atoms with van der Waals surface area (Å²) in [5.74, 6) is -0.0900. The molecule has 1 aromatic rings. The Hall–Kier alpha value is -0.670. The molecule has 4 N–H and O–H groups in total. The molecule has 20 heavy (non-hydrogen) atoms. The van der Waals surface area contributed by atoms with Crippen molar-refractivity contribution in [3.63, 3.8) is 0 Å². The second-order valence-corrected chi connectivity index (χ2v) is 7.16. The molecule has 0 atom stereocenters. The standard InChI is InChI=1S/C11H19N3O3S2.ClH/c1-9(15)13-8-5-10-3-4-11(18-10)19(16,17)14-7-2-6-12;/h3-4,14H,2,5-8,12H2,1H3,(H,13,15);1H. The number of nitrogens with one attached hydrogen (secondary N) is 2. The first-order valence-corrected chi connectivity index (χ1v) is 8.28. The third-order valence-electron chi connectivity index (χ3n) is 2.32. The Morgan fingerprint density at radius 3 is 2.65 bits per heavy atom. The van der Waals surface area contributed by atoms with Gasteiger partial charge in [-0.15, -0.1) is 23.7 Å². The first kappa shape index (κ1) is 19.3. The van der Waals surface area contributed by atoms with Crippen LogP contribution in [0.25, 0.3) is 0 Å². The van der Waals surface area contributed by atoms with Gasteiger partial charge >= 0.3 is 0 Å². The van der Waals surface area contributed by atoms with Crippen LogP contribution in [-0.4, -0.2) is 34.0 Å². The summed E-state index contributed by atoms with van der Waals surface area (Å²) in [6.45, 7) is 2.76. The molecule has 0 aliphatic heterocycles. The maximum atomic E-state index is 11.9. The zero-order chi connectivity index (χ0) is 14.3. The Morgan fingerprint density at radius 2 is 2.05 bits per heavy atom. The molecule has 1 rings (SSSR count). The van der Waals surface area contributed by atoms with E-state index >= 15 is 0 Å². The normalized spacial score (nSPS) is 10.9. The summed E-state index contributed by atoms with van der Waals surface area (Å²) in [6.07, 6.45) is 1.24. The zero-order valence-corrected chi connectivity index (χ0v) is 13.7. The summed E-state index contributed by atoms with van der Waals surface area (Å²) in [7, 11) is -3.43. The number of thiophene rings is 1. The number of hydrogen-bond donors (Lipinski definition) is 3. The molecule has 6 nitrogen and oxygen atoms in total. The fourth-order valence-electron chi connectivity index (χ4n) is 1.38. The van der Waals surface area contributed by atoms with Gasteiger partial charge in [0.05, 0.1) is 0 Å². The van der Waals surface area contributed by atoms with Gasteiger partial charge in [0.15, 0.2) is 0 Å². The van der Waals surface area contributed by atoms with Gasteiger partial charge < -0.3 is 11.1 Å². The van der Waals surface area contributed by atoms with Crippen LogP contribution in [0.2, 0.25) is 0 Å². The minimum atomic E-state index is -3.43. The monoisotopic (exact) mass is 341 g/mol. The molecule has 0 spiro atoms. The molecule has 1 amide bonds. The smallest absolute Gasteiger partial charge is 0.250 e. The van der Waals surface area contributed by atoms with Crippen LogP contribution in [0, 0.1) is 0 Å². The molecule has 9 heteroatoms. The van der Waals surface area contributed by atoms with Gasteiger partial charge in [-0.1, -0.05) is 0 Å². The van der Waals surface area contributed by atoms with E-state index in [0.717, 1.165) is 4.88 Å². The summed E-state index contributed by atoms with van der Waals surface area (Å²) < 4.78 is 26.6. The molecule has 0 bridgehead atoms. The Morgan fingerprint density at radius 1 is 1.35 bits per heavy atom. The fourth-order valence-corrected chi connectivity index (χ4v) is 3.85. The summed E-state index contributed by atoms with van der Waals surface area (Å²) in [6, 6.07) is 3.35. The van der Waals surface area contributed by atoms with E-state index in [1.54, 1.807) is 12.1 Å². The minimum Gasteiger partial charge on any atom is -0.356 e. The average Bonchev–Trinajstić information content (AvgIpc) is 2.78. The van der Waals surface area contributed by atoms with Crippen LogP contribution in [-0.2, 0) is 21.2 Å². The van der Waals surface area contributed by atoms with Crippen molar-refractivity contribution in [2.24, 2.45) is 5.73 Å². The quantitative estimate of drug-likeness (QED) is 0.598. The van der Waals surface area contributed by atoms with E-state index in [1.807, 2.05) is 0 Å². The number of carbonyl (C=O) groups is 1. The van der Waals surface area contributed by atoms with E-state index in [1.165, 1.54) is 18.3 Å². The molecule has 0 fully saturated rings. The zero-order valence-electron chi connectivity index (χ0n) is 11.2. The number of rotatable bonds is 8. The Labute approximate surface area is 129 Å². The number of amides is 1. The molecular formula is C11H20ClN3O3S2. The maximum absolute atomic E-state index is 11.9. The summed E-state index contributed by atoms with van der Waals surface area (Å²) in [4.78, 5) is 11.6. The van der Waals surface area contributed by atoms with Crippen molar-refractivity contribution in [1.82, 2.24) is 10.0 Å². The van der Waals surface area contributed by atoms with Crippen molar-refractivity contribution in [3.8, 4) is 0 Å². The van der Waals surface area contributed by atoms with Crippen molar-refractivity contribution in [2.45, 2.75) is 24.0 Å². The highest BCUT2D eigenvalue weighted by Gasteiger charge is 2.15. The van der Waals surface area contributed by atoms with Crippen molar-refractivity contribution in [3.05, 3.63) is 17.0 Å². The highest BCUT2D eigenvalue weighted by atomic mass is 35.5. The molecule has 0 aromatic carbocycles. The SMILES string of the molecule is CC(=O)NCCc1ccc(S(=O)(=O)NCCCN)s1.Cl. The van der Waals surface area contributed by atoms with E-state index in [-0.39, 0.29) is 18.3 Å². The van der Waals surface area contributed by atoms with Gasteiger partial charge in [-0.05, 0) is 31.5 Å². The van der Waals surface area contributed by atoms with E-state index < -0.39 is 10.0 Å². The van der Waals surface area contributed by atoms with Crippen LogP contribution in [0.3, 0.4) is 0 Å². The topological polar surface area (TPSA) is 101 Å². The molecule has 1 aromatic heterocycles. The molecule has 0 radical (unpaired) electrons. The van der Waals surface area contributed by atoms with Crippen molar-refractivity contribution in [2.75, 3.05) is 19.6 Å². The predicted molar refractivity (Wildman–Crippen MR) is 82.8 cm³/mol. The van der Waals surface area contributed by atoms with Gasteiger partial charge in [0.1, 0.15) is 4.21 Å². The second-order valence-electron chi connectivity index (χ2n) is 3.99. The van der Waals surface area contributed by atoms with Crippen LogP contribution in [0.5, 0.6) is 0 Å². The van der Waals surface area contributed by atoms with Gasteiger partial charge in [0.25, 0.3) is 0 Å². The summed E-state index contributed by atoms with van der Waals surface area (Å²) in [5.41, 5.74) is 5.31. The molecule has 1 heterocycles. The van der Waals surface area contributed by atoms with E-state index in [2.05, 4.69) is 10.0 Å². The number of hydrogen-bond acceptors (Lipinski definition) is 5. The lowest BCUT2D eigenvalue weighted by Gasteiger charge is -2.03. The van der Waals surface area contributed by atoms with Crippen LogP contribution >= 0.6 is 23.7 Å². The molecular weight excluding hydrogens is 322 g/mol. The average molecular weight is 342 g/mol. The van der Waals surface area contributed by atoms with Gasteiger partial charge in [-0.3, -0.25) is 4.79 Å². The lowest BCUT2D eigenvalue weighted by atomic mass is 10.3. The summed E-state index contributed by atoms with van der Waals surface area (Å²) >= 11 is 1.22. The Kier molecular flexibility index (Phi) is 8.99. The third-order valence-corrected chi connectivity index (χ3v) is 5.42. The Balaban J connectivity index is 0.00000361. The molecule has 116 valence electrons. The number of carbonyl (C=O) groups excluding carboxylic acids is 1. The van der Waals surface area contributed by atoms with Crippen molar-refractivity contribution >= 4 is 39.7 Å². The van der Waals surface area contributed by atoms with Crippen LogP contribution < -0.4 is 15.8 Å². The first-order chi connectivity index (χ1) is 8.95. The third kappa shape index (κ3) is 6.67. The number of nitrogens with two attached hydrogens (primary N) is 1. The highest BCUT2D eigenvalue weighted by Crippen LogP contribution is 2.21.